The van der Waals surface area contributed by atoms with Crippen molar-refractivity contribution in [2.75, 3.05) is 32.8 Å². The van der Waals surface area contributed by atoms with E-state index >= 15 is 0 Å². The minimum atomic E-state index is -0.110. The van der Waals surface area contributed by atoms with E-state index in [0.29, 0.717) is 26.3 Å². The van der Waals surface area contributed by atoms with Gasteiger partial charge in [0.1, 0.15) is 0 Å². The molecule has 37 heavy (non-hydrogen) atoms. The fourth-order valence-corrected chi connectivity index (χ4v) is 6.39. The molecule has 0 N–H and O–H groups in total. The molecule has 2 aromatic carbocycles. The lowest BCUT2D eigenvalue weighted by Gasteiger charge is -2.37. The Morgan fingerprint density at radius 2 is 1.84 bits per heavy atom. The molecule has 5 nitrogen and oxygen atoms in total. The van der Waals surface area contributed by atoms with Gasteiger partial charge in [0.15, 0.2) is 0 Å². The highest BCUT2D eigenvalue weighted by Crippen LogP contribution is 2.48. The quantitative estimate of drug-likeness (QED) is 0.330. The fourth-order valence-electron chi connectivity index (χ4n) is 5.49. The van der Waals surface area contributed by atoms with Crippen LogP contribution in [0.1, 0.15) is 58.9 Å². The largest absolute Gasteiger partial charge is 0.382 e. The van der Waals surface area contributed by atoms with Crippen molar-refractivity contribution in [3.05, 3.63) is 93.2 Å². The van der Waals surface area contributed by atoms with Gasteiger partial charge in [0.2, 0.25) is 11.8 Å². The molecule has 1 aromatic heterocycles. The average Bonchev–Trinajstić information content (AvgIpc) is 3.58. The normalized spacial score (nSPS) is 20.4. The Bertz CT molecular complexity index is 1210. The molecule has 3 atom stereocenters. The molecule has 1 fully saturated rings. The summed E-state index contributed by atoms with van der Waals surface area (Å²) in [7, 11) is 0. The maximum atomic E-state index is 13.9. The number of ether oxygens (including phenoxy) is 1. The van der Waals surface area contributed by atoms with Gasteiger partial charge in [0, 0.05) is 37.1 Å². The molecule has 0 spiro atoms. The molecular formula is C31H36N2O3S. The van der Waals surface area contributed by atoms with Crippen LogP contribution in [0.25, 0.3) is 0 Å². The number of aryl methyl sites for hydroxylation is 1. The second kappa shape index (κ2) is 11.6. The molecule has 5 rings (SSSR count). The lowest BCUT2D eigenvalue weighted by molar-refractivity contribution is -0.142. The van der Waals surface area contributed by atoms with Crippen molar-refractivity contribution < 1.29 is 14.3 Å². The van der Waals surface area contributed by atoms with E-state index in [-0.39, 0.29) is 36.2 Å². The zero-order chi connectivity index (χ0) is 25.8. The average molecular weight is 517 g/mol. The van der Waals surface area contributed by atoms with Crippen molar-refractivity contribution in [2.24, 2.45) is 5.92 Å². The van der Waals surface area contributed by atoms with Crippen molar-refractivity contribution >= 4 is 23.2 Å². The van der Waals surface area contributed by atoms with E-state index in [0.717, 1.165) is 24.8 Å². The van der Waals surface area contributed by atoms with Crippen molar-refractivity contribution in [2.45, 2.75) is 45.1 Å². The molecule has 0 saturated heterocycles. The molecule has 1 aliphatic carbocycles. The van der Waals surface area contributed by atoms with E-state index in [1.807, 2.05) is 30.0 Å². The van der Waals surface area contributed by atoms with Crippen LogP contribution in [0.2, 0.25) is 0 Å². The minimum absolute atomic E-state index is 0.0177. The highest BCUT2D eigenvalue weighted by molar-refractivity contribution is 7.10. The summed E-state index contributed by atoms with van der Waals surface area (Å²) in [5, 5.41) is 2.13. The zero-order valence-corrected chi connectivity index (χ0v) is 22.6. The molecule has 2 heterocycles. The van der Waals surface area contributed by atoms with Crippen molar-refractivity contribution in [3.8, 4) is 0 Å². The summed E-state index contributed by atoms with van der Waals surface area (Å²) in [4.78, 5) is 32.7. The first-order valence-corrected chi connectivity index (χ1v) is 14.3. The van der Waals surface area contributed by atoms with Crippen LogP contribution in [0.5, 0.6) is 0 Å². The summed E-state index contributed by atoms with van der Waals surface area (Å²) in [6, 6.07) is 20.8. The lowest BCUT2D eigenvalue weighted by atomic mass is 9.92. The molecular weight excluding hydrogens is 480 g/mol. The van der Waals surface area contributed by atoms with Crippen molar-refractivity contribution in [3.63, 3.8) is 0 Å². The zero-order valence-electron chi connectivity index (χ0n) is 21.8. The number of hydrogen-bond donors (Lipinski definition) is 0. The van der Waals surface area contributed by atoms with Crippen LogP contribution in [0.4, 0.5) is 0 Å². The Balaban J connectivity index is 1.34. The summed E-state index contributed by atoms with van der Waals surface area (Å²) in [6.07, 6.45) is 2.44. The maximum absolute atomic E-state index is 13.9. The minimum Gasteiger partial charge on any atom is -0.382 e. The number of hydrogen-bond acceptors (Lipinski definition) is 4. The van der Waals surface area contributed by atoms with Gasteiger partial charge in [-0.2, -0.15) is 0 Å². The maximum Gasteiger partial charge on any atom is 0.242 e. The molecule has 0 radical (unpaired) electrons. The summed E-state index contributed by atoms with van der Waals surface area (Å²) in [6.45, 7) is 6.62. The molecule has 194 valence electrons. The van der Waals surface area contributed by atoms with Gasteiger partial charge in [-0.15, -0.1) is 11.3 Å². The van der Waals surface area contributed by atoms with Gasteiger partial charge in [-0.25, -0.2) is 0 Å². The molecule has 1 aliphatic heterocycles. The van der Waals surface area contributed by atoms with Gasteiger partial charge < -0.3 is 14.5 Å². The number of fused-ring (bicyclic) bond motifs is 1. The lowest BCUT2D eigenvalue weighted by Crippen LogP contribution is -2.47. The number of carbonyl (C=O) groups is 2. The highest BCUT2D eigenvalue weighted by atomic mass is 32.1. The molecule has 2 amide bonds. The summed E-state index contributed by atoms with van der Waals surface area (Å²) in [5.74, 6) is 0.324. The van der Waals surface area contributed by atoms with E-state index in [2.05, 4.69) is 54.8 Å². The van der Waals surface area contributed by atoms with E-state index in [1.54, 1.807) is 16.2 Å². The number of carbonyl (C=O) groups excluding carboxylic acids is 2. The van der Waals surface area contributed by atoms with Gasteiger partial charge in [-0.3, -0.25) is 9.59 Å². The van der Waals surface area contributed by atoms with Gasteiger partial charge in [0.05, 0.1) is 12.6 Å². The third-order valence-corrected chi connectivity index (χ3v) is 8.57. The molecule has 2 aliphatic rings. The number of thiophene rings is 1. The molecule has 0 bridgehead atoms. The predicted molar refractivity (Wildman–Crippen MR) is 148 cm³/mol. The van der Waals surface area contributed by atoms with Crippen LogP contribution in [-0.4, -0.2) is 54.5 Å². The molecule has 6 heteroatoms. The second-order valence-electron chi connectivity index (χ2n) is 10.1. The predicted octanol–water partition coefficient (Wildman–Crippen LogP) is 5.59. The Morgan fingerprint density at radius 3 is 2.59 bits per heavy atom. The Morgan fingerprint density at radius 1 is 1.05 bits per heavy atom. The topological polar surface area (TPSA) is 49.9 Å². The number of amides is 2. The smallest absolute Gasteiger partial charge is 0.242 e. The van der Waals surface area contributed by atoms with Gasteiger partial charge >= 0.3 is 0 Å². The van der Waals surface area contributed by atoms with E-state index in [1.165, 1.54) is 21.6 Å². The SMILES string of the molecule is CCOCCCN(CC(=O)N1CCc2sccc2C1c1ccc(C)cc1)C(=O)C1CC1c1ccccc1. The molecule has 3 aromatic rings. The number of rotatable bonds is 10. The Hall–Kier alpha value is -2.96. The first-order valence-electron chi connectivity index (χ1n) is 13.4. The third kappa shape index (κ3) is 5.81. The van der Waals surface area contributed by atoms with Crippen LogP contribution >= 0.6 is 11.3 Å². The standard InChI is InChI=1S/C31H36N2O3S/c1-3-36-18-7-16-32(31(35)27-20-26(27)23-8-5-4-6-9-23)21-29(34)33-17-14-28-25(15-19-37-28)30(33)24-12-10-22(2)11-13-24/h4-6,8-13,15,19,26-27,30H,3,7,14,16-18,20-21H2,1-2H3. The summed E-state index contributed by atoms with van der Waals surface area (Å²) < 4.78 is 5.53. The van der Waals surface area contributed by atoms with Gasteiger partial charge in [-0.1, -0.05) is 60.2 Å². The van der Waals surface area contributed by atoms with E-state index < -0.39 is 0 Å². The Labute approximate surface area is 224 Å². The monoisotopic (exact) mass is 516 g/mol. The number of nitrogens with zero attached hydrogens (tertiary/aromatic N) is 2. The first-order chi connectivity index (χ1) is 18.1. The number of benzene rings is 2. The van der Waals surface area contributed by atoms with Gasteiger partial charge in [0.25, 0.3) is 0 Å². The molecule has 3 unspecified atom stereocenters. The van der Waals surface area contributed by atoms with E-state index in [4.69, 9.17) is 4.74 Å². The van der Waals surface area contributed by atoms with Gasteiger partial charge in [-0.05, 0) is 67.2 Å². The molecule has 1 saturated carbocycles. The van der Waals surface area contributed by atoms with Crippen LogP contribution < -0.4 is 0 Å². The van der Waals surface area contributed by atoms with Crippen molar-refractivity contribution in [1.82, 2.24) is 9.80 Å². The van der Waals surface area contributed by atoms with Crippen molar-refractivity contribution in [1.29, 1.82) is 0 Å². The van der Waals surface area contributed by atoms with E-state index in [9.17, 15) is 9.59 Å². The summed E-state index contributed by atoms with van der Waals surface area (Å²) >= 11 is 1.77. The first kappa shape index (κ1) is 25.7. The second-order valence-corrected chi connectivity index (χ2v) is 11.1. The van der Waals surface area contributed by atoms with Crippen LogP contribution in [-0.2, 0) is 20.7 Å². The van der Waals surface area contributed by atoms with Crippen LogP contribution in [0, 0.1) is 12.8 Å². The van der Waals surface area contributed by atoms with Crippen LogP contribution in [0.15, 0.2) is 66.0 Å². The fraction of sp³-hybridized carbons (Fsp3) is 0.419. The highest BCUT2D eigenvalue weighted by Gasteiger charge is 2.46. The third-order valence-electron chi connectivity index (χ3n) is 7.57. The van der Waals surface area contributed by atoms with Crippen LogP contribution in [0.3, 0.4) is 0 Å². The Kier molecular flexibility index (Phi) is 8.06. The summed E-state index contributed by atoms with van der Waals surface area (Å²) in [5.41, 5.74) is 4.75.